The Balaban J connectivity index is 1.76. The average molecular weight is 431 g/mol. The van der Waals surface area contributed by atoms with E-state index in [0.717, 1.165) is 10.8 Å². The number of carbonyl (C=O) groups is 2. The zero-order valence-corrected chi connectivity index (χ0v) is 17.3. The van der Waals surface area contributed by atoms with E-state index in [0.29, 0.717) is 22.5 Å². The fourth-order valence-corrected chi connectivity index (χ4v) is 4.19. The Hall–Kier alpha value is -4.76. The van der Waals surface area contributed by atoms with E-state index >= 15 is 0 Å². The molecule has 1 amide bonds. The number of aromatic nitrogens is 1. The number of hydrogen-bond donors (Lipinski definition) is 1. The highest BCUT2D eigenvalue weighted by atomic mass is 16.3. The number of aliphatic hydroxyl groups excluding tert-OH is 1. The lowest BCUT2D eigenvalue weighted by Gasteiger charge is -2.24. The molecule has 1 aliphatic heterocycles. The molecule has 1 aromatic heterocycles. The van der Waals surface area contributed by atoms with Crippen LogP contribution in [0.4, 0.5) is 5.69 Å². The van der Waals surface area contributed by atoms with E-state index in [-0.39, 0.29) is 11.3 Å². The van der Waals surface area contributed by atoms with Crippen molar-refractivity contribution in [2.24, 2.45) is 0 Å². The third-order valence-corrected chi connectivity index (χ3v) is 5.73. The minimum Gasteiger partial charge on any atom is -0.507 e. The zero-order valence-electron chi connectivity index (χ0n) is 17.3. The lowest BCUT2D eigenvalue weighted by atomic mass is 9.95. The molecule has 1 fully saturated rings. The van der Waals surface area contributed by atoms with Crippen molar-refractivity contribution in [1.82, 2.24) is 4.98 Å². The van der Waals surface area contributed by atoms with Gasteiger partial charge in [0.25, 0.3) is 11.7 Å². The van der Waals surface area contributed by atoms with Crippen molar-refractivity contribution in [1.29, 1.82) is 5.26 Å². The van der Waals surface area contributed by atoms with Crippen LogP contribution in [0.2, 0.25) is 0 Å². The molecule has 33 heavy (non-hydrogen) atoms. The van der Waals surface area contributed by atoms with E-state index in [1.165, 1.54) is 4.90 Å². The number of rotatable bonds is 3. The number of ketones is 1. The van der Waals surface area contributed by atoms with Crippen molar-refractivity contribution < 1.29 is 14.7 Å². The number of aliphatic hydroxyl groups is 1. The van der Waals surface area contributed by atoms with Crippen LogP contribution in [0.1, 0.15) is 22.9 Å². The van der Waals surface area contributed by atoms with Crippen LogP contribution in [-0.4, -0.2) is 21.8 Å². The number of anilines is 1. The van der Waals surface area contributed by atoms with E-state index < -0.39 is 17.7 Å². The fourth-order valence-electron chi connectivity index (χ4n) is 4.19. The number of hydrogen-bond acceptors (Lipinski definition) is 5. The number of carbonyl (C=O) groups excluding carboxylic acids is 2. The summed E-state index contributed by atoms with van der Waals surface area (Å²) in [5.41, 5.74) is 1.75. The van der Waals surface area contributed by atoms with Gasteiger partial charge in [0.1, 0.15) is 11.8 Å². The maximum atomic E-state index is 13.3. The van der Waals surface area contributed by atoms with Gasteiger partial charge >= 0.3 is 0 Å². The summed E-state index contributed by atoms with van der Waals surface area (Å²) in [5, 5.41) is 22.2. The summed E-state index contributed by atoms with van der Waals surface area (Å²) in [5.74, 6) is -1.81. The van der Waals surface area contributed by atoms with Crippen molar-refractivity contribution in [2.45, 2.75) is 6.04 Å². The smallest absolute Gasteiger partial charge is 0.300 e. The molecule has 1 aliphatic rings. The minimum absolute atomic E-state index is 0.0283. The summed E-state index contributed by atoms with van der Waals surface area (Å²) in [6.45, 7) is 0. The second-order valence-electron chi connectivity index (χ2n) is 7.61. The lowest BCUT2D eigenvalue weighted by Crippen LogP contribution is -2.29. The highest BCUT2D eigenvalue weighted by Gasteiger charge is 2.47. The quantitative estimate of drug-likeness (QED) is 0.287. The van der Waals surface area contributed by atoms with Gasteiger partial charge in [-0.05, 0) is 47.2 Å². The maximum absolute atomic E-state index is 13.3. The number of nitriles is 1. The van der Waals surface area contributed by atoms with Gasteiger partial charge in [-0.1, -0.05) is 48.5 Å². The summed E-state index contributed by atoms with van der Waals surface area (Å²) in [6, 6.07) is 25.7. The predicted octanol–water partition coefficient (Wildman–Crippen LogP) is 4.73. The Morgan fingerprint density at radius 1 is 0.909 bits per heavy atom. The molecule has 0 aliphatic carbocycles. The SMILES string of the molecule is N#Cc1ccc(N2C(=O)C(=O)/C(=C(\O)c3cccc4ccccc34)C2c2ccccn2)cc1. The van der Waals surface area contributed by atoms with E-state index in [1.807, 2.05) is 36.4 Å². The molecule has 1 atom stereocenters. The van der Waals surface area contributed by atoms with Gasteiger partial charge in [-0.3, -0.25) is 19.5 Å². The molecule has 0 bridgehead atoms. The first-order valence-electron chi connectivity index (χ1n) is 10.3. The Kier molecular flexibility index (Phi) is 4.92. The number of benzene rings is 3. The molecule has 0 spiro atoms. The van der Waals surface area contributed by atoms with E-state index in [1.54, 1.807) is 60.8 Å². The topological polar surface area (TPSA) is 94.3 Å². The standard InChI is InChI=1S/C27H17N3O3/c28-16-17-11-13-19(14-12-17)30-24(22-10-3-4-15-29-22)23(26(32)27(30)33)25(31)21-9-5-7-18-6-1-2-8-20(18)21/h1-15,24,31H/b25-23-. The third kappa shape index (κ3) is 3.33. The molecule has 2 heterocycles. The molecule has 5 rings (SSSR count). The first-order valence-corrected chi connectivity index (χ1v) is 10.3. The Morgan fingerprint density at radius 3 is 2.36 bits per heavy atom. The fraction of sp³-hybridized carbons (Fsp3) is 0.0370. The number of nitrogens with zero attached hydrogens (tertiary/aromatic N) is 3. The van der Waals surface area contributed by atoms with E-state index in [2.05, 4.69) is 4.98 Å². The van der Waals surface area contributed by atoms with Crippen molar-refractivity contribution in [3.63, 3.8) is 0 Å². The number of amides is 1. The van der Waals surface area contributed by atoms with Gasteiger partial charge in [0.15, 0.2) is 0 Å². The summed E-state index contributed by atoms with van der Waals surface area (Å²) >= 11 is 0. The molecule has 158 valence electrons. The molecular weight excluding hydrogens is 414 g/mol. The van der Waals surface area contributed by atoms with Gasteiger partial charge in [-0.25, -0.2) is 0 Å². The first-order chi connectivity index (χ1) is 16.1. The summed E-state index contributed by atoms with van der Waals surface area (Å²) in [6.07, 6.45) is 1.58. The van der Waals surface area contributed by atoms with Gasteiger partial charge in [-0.15, -0.1) is 0 Å². The van der Waals surface area contributed by atoms with E-state index in [9.17, 15) is 14.7 Å². The second kappa shape index (κ2) is 8.06. The third-order valence-electron chi connectivity index (χ3n) is 5.73. The molecule has 0 radical (unpaired) electrons. The molecule has 1 N–H and O–H groups in total. The highest BCUT2D eigenvalue weighted by molar-refractivity contribution is 6.51. The molecular formula is C27H17N3O3. The molecule has 1 unspecified atom stereocenters. The van der Waals surface area contributed by atoms with Crippen LogP contribution < -0.4 is 4.90 Å². The molecule has 4 aromatic rings. The number of pyridine rings is 1. The van der Waals surface area contributed by atoms with Crippen LogP contribution in [-0.2, 0) is 9.59 Å². The second-order valence-corrected chi connectivity index (χ2v) is 7.61. The van der Waals surface area contributed by atoms with Crippen LogP contribution in [0.5, 0.6) is 0 Å². The molecule has 6 nitrogen and oxygen atoms in total. The summed E-state index contributed by atoms with van der Waals surface area (Å²) in [7, 11) is 0. The number of fused-ring (bicyclic) bond motifs is 1. The normalized spacial score (nSPS) is 17.3. The zero-order chi connectivity index (χ0) is 22.9. The Morgan fingerprint density at radius 2 is 1.64 bits per heavy atom. The summed E-state index contributed by atoms with van der Waals surface area (Å²) < 4.78 is 0. The Bertz CT molecular complexity index is 1460. The summed E-state index contributed by atoms with van der Waals surface area (Å²) in [4.78, 5) is 32.2. The van der Waals surface area contributed by atoms with Crippen molar-refractivity contribution in [3.05, 3.63) is 114 Å². The van der Waals surface area contributed by atoms with Gasteiger partial charge in [0.2, 0.25) is 0 Å². The largest absolute Gasteiger partial charge is 0.507 e. The maximum Gasteiger partial charge on any atom is 0.300 e. The number of Topliss-reactive ketones (excluding diaryl/α,β-unsaturated/α-hetero) is 1. The van der Waals surface area contributed by atoms with Gasteiger partial charge < -0.3 is 5.11 Å². The van der Waals surface area contributed by atoms with Crippen molar-refractivity contribution in [3.8, 4) is 6.07 Å². The highest BCUT2D eigenvalue weighted by Crippen LogP contribution is 2.42. The predicted molar refractivity (Wildman–Crippen MR) is 124 cm³/mol. The van der Waals surface area contributed by atoms with Gasteiger partial charge in [0, 0.05) is 17.4 Å². The monoisotopic (exact) mass is 431 g/mol. The average Bonchev–Trinajstić information content (AvgIpc) is 3.14. The van der Waals surface area contributed by atoms with Gasteiger partial charge in [-0.2, -0.15) is 5.26 Å². The molecule has 1 saturated heterocycles. The lowest BCUT2D eigenvalue weighted by molar-refractivity contribution is -0.132. The van der Waals surface area contributed by atoms with Crippen molar-refractivity contribution >= 4 is 33.9 Å². The molecule has 3 aromatic carbocycles. The Labute approximate surface area is 189 Å². The van der Waals surface area contributed by atoms with Crippen LogP contribution in [0.3, 0.4) is 0 Å². The van der Waals surface area contributed by atoms with Crippen LogP contribution in [0.25, 0.3) is 16.5 Å². The van der Waals surface area contributed by atoms with E-state index in [4.69, 9.17) is 5.26 Å². The van der Waals surface area contributed by atoms with Crippen LogP contribution in [0.15, 0.2) is 96.7 Å². The van der Waals surface area contributed by atoms with Crippen LogP contribution in [0, 0.1) is 11.3 Å². The van der Waals surface area contributed by atoms with Gasteiger partial charge in [0.05, 0.1) is 22.9 Å². The molecule has 0 saturated carbocycles. The van der Waals surface area contributed by atoms with Crippen LogP contribution >= 0.6 is 0 Å². The molecule has 6 heteroatoms. The first kappa shape index (κ1) is 20.2. The minimum atomic E-state index is -0.918. The van der Waals surface area contributed by atoms with Crippen molar-refractivity contribution in [2.75, 3.05) is 4.90 Å².